The number of aryl methyl sites for hydroxylation is 1. The van der Waals surface area contributed by atoms with Crippen LogP contribution in [0.2, 0.25) is 0 Å². The summed E-state index contributed by atoms with van der Waals surface area (Å²) in [6.45, 7) is 4.16. The lowest BCUT2D eigenvalue weighted by atomic mass is 9.94. The molecule has 2 rings (SSSR count). The maximum absolute atomic E-state index is 12.0. The normalized spacial score (nSPS) is 23.1. The van der Waals surface area contributed by atoms with E-state index in [1.165, 1.54) is 5.56 Å². The summed E-state index contributed by atoms with van der Waals surface area (Å²) in [7, 11) is 0. The highest BCUT2D eigenvalue weighted by Crippen LogP contribution is 2.17. The Hall–Kier alpha value is -0.870. The molecule has 3 nitrogen and oxygen atoms in total. The maximum Gasteiger partial charge on any atom is 0.220 e. The molecule has 1 fully saturated rings. The Labute approximate surface area is 123 Å². The van der Waals surface area contributed by atoms with Gasteiger partial charge in [-0.1, -0.05) is 41.1 Å². The highest BCUT2D eigenvalue weighted by atomic mass is 79.9. The minimum atomic E-state index is 0.149. The number of carbonyl (C=O) groups excluding carboxylic acids is 1. The van der Waals surface area contributed by atoms with Crippen molar-refractivity contribution >= 4 is 21.8 Å². The van der Waals surface area contributed by atoms with E-state index >= 15 is 0 Å². The first-order chi connectivity index (χ1) is 9.16. The Morgan fingerprint density at radius 2 is 2.26 bits per heavy atom. The molecule has 1 aliphatic heterocycles. The summed E-state index contributed by atoms with van der Waals surface area (Å²) < 4.78 is 1.08. The molecule has 1 saturated heterocycles. The number of nitrogens with one attached hydrogen (secondary N) is 2. The van der Waals surface area contributed by atoms with Crippen molar-refractivity contribution in [1.82, 2.24) is 10.6 Å². The first kappa shape index (κ1) is 14.5. The molecule has 1 aromatic rings. The van der Waals surface area contributed by atoms with Crippen LogP contribution in [0.25, 0.3) is 0 Å². The van der Waals surface area contributed by atoms with Crippen molar-refractivity contribution in [3.8, 4) is 0 Å². The zero-order valence-electron chi connectivity index (χ0n) is 11.3. The van der Waals surface area contributed by atoms with Crippen LogP contribution in [0.1, 0.15) is 25.3 Å². The van der Waals surface area contributed by atoms with Gasteiger partial charge in [-0.2, -0.15) is 0 Å². The van der Waals surface area contributed by atoms with Gasteiger partial charge < -0.3 is 10.6 Å². The van der Waals surface area contributed by atoms with Crippen LogP contribution in [-0.4, -0.2) is 25.0 Å². The van der Waals surface area contributed by atoms with E-state index in [-0.39, 0.29) is 11.9 Å². The summed E-state index contributed by atoms with van der Waals surface area (Å²) in [5.74, 6) is 0.713. The van der Waals surface area contributed by atoms with E-state index in [1.54, 1.807) is 0 Å². The van der Waals surface area contributed by atoms with Gasteiger partial charge >= 0.3 is 0 Å². The fourth-order valence-electron chi connectivity index (χ4n) is 2.41. The zero-order valence-corrected chi connectivity index (χ0v) is 12.9. The highest BCUT2D eigenvalue weighted by Gasteiger charge is 2.22. The van der Waals surface area contributed by atoms with Gasteiger partial charge in [0, 0.05) is 23.5 Å². The Bertz CT molecular complexity index is 436. The molecule has 2 unspecified atom stereocenters. The molecule has 1 heterocycles. The maximum atomic E-state index is 12.0. The lowest BCUT2D eigenvalue weighted by molar-refractivity contribution is -0.122. The van der Waals surface area contributed by atoms with Crippen molar-refractivity contribution in [1.29, 1.82) is 0 Å². The van der Waals surface area contributed by atoms with Crippen molar-refractivity contribution in [2.75, 3.05) is 13.1 Å². The van der Waals surface area contributed by atoms with Crippen molar-refractivity contribution < 1.29 is 4.79 Å². The van der Waals surface area contributed by atoms with Crippen LogP contribution in [-0.2, 0) is 11.2 Å². The summed E-state index contributed by atoms with van der Waals surface area (Å²) in [4.78, 5) is 12.0. The topological polar surface area (TPSA) is 41.1 Å². The van der Waals surface area contributed by atoms with Crippen molar-refractivity contribution in [2.24, 2.45) is 5.92 Å². The molecule has 4 heteroatoms. The summed E-state index contributed by atoms with van der Waals surface area (Å²) in [6.07, 6.45) is 2.46. The predicted molar refractivity (Wildman–Crippen MR) is 81.0 cm³/mol. The number of piperidine rings is 1. The van der Waals surface area contributed by atoms with Crippen LogP contribution in [0.4, 0.5) is 0 Å². The van der Waals surface area contributed by atoms with Gasteiger partial charge in [0.2, 0.25) is 5.91 Å². The van der Waals surface area contributed by atoms with Gasteiger partial charge in [-0.05, 0) is 36.9 Å². The number of benzene rings is 1. The summed E-state index contributed by atoms with van der Waals surface area (Å²) in [6, 6.07) is 8.34. The van der Waals surface area contributed by atoms with Crippen LogP contribution >= 0.6 is 15.9 Å². The lowest BCUT2D eigenvalue weighted by Crippen LogP contribution is -2.50. The third-order valence-electron chi connectivity index (χ3n) is 3.75. The molecule has 0 radical (unpaired) electrons. The second-order valence-corrected chi connectivity index (χ2v) is 6.09. The first-order valence-electron chi connectivity index (χ1n) is 6.90. The number of rotatable bonds is 4. The van der Waals surface area contributed by atoms with Gasteiger partial charge in [0.05, 0.1) is 0 Å². The zero-order chi connectivity index (χ0) is 13.7. The average Bonchev–Trinajstić information content (AvgIpc) is 2.40. The molecule has 1 aromatic carbocycles. The summed E-state index contributed by atoms with van der Waals surface area (Å²) in [5, 5.41) is 6.47. The molecule has 104 valence electrons. The van der Waals surface area contributed by atoms with Crippen LogP contribution in [0.3, 0.4) is 0 Å². The highest BCUT2D eigenvalue weighted by molar-refractivity contribution is 9.10. The molecule has 0 aromatic heterocycles. The van der Waals surface area contributed by atoms with Crippen molar-refractivity contribution in [3.63, 3.8) is 0 Å². The number of halogens is 1. The molecule has 0 spiro atoms. The number of hydrogen-bond acceptors (Lipinski definition) is 2. The quantitative estimate of drug-likeness (QED) is 0.893. The SMILES string of the molecule is CC1CCNCC1NC(=O)CCc1ccccc1Br. The molecule has 0 saturated carbocycles. The standard InChI is InChI=1S/C15H21BrN2O/c1-11-8-9-17-10-14(11)18-15(19)7-6-12-4-2-3-5-13(12)16/h2-5,11,14,17H,6-10H2,1H3,(H,18,19). The molecular weight excluding hydrogens is 304 g/mol. The van der Waals surface area contributed by atoms with Gasteiger partial charge in [0.15, 0.2) is 0 Å². The Morgan fingerprint density at radius 1 is 1.47 bits per heavy atom. The molecule has 0 aliphatic carbocycles. The molecule has 0 bridgehead atoms. The average molecular weight is 325 g/mol. The van der Waals surface area contributed by atoms with Gasteiger partial charge in [-0.3, -0.25) is 4.79 Å². The van der Waals surface area contributed by atoms with E-state index in [4.69, 9.17) is 0 Å². The first-order valence-corrected chi connectivity index (χ1v) is 7.69. The van der Waals surface area contributed by atoms with E-state index < -0.39 is 0 Å². The van der Waals surface area contributed by atoms with E-state index in [1.807, 2.05) is 18.2 Å². The van der Waals surface area contributed by atoms with Crippen LogP contribution in [0.5, 0.6) is 0 Å². The minimum absolute atomic E-state index is 0.149. The largest absolute Gasteiger partial charge is 0.352 e. The van der Waals surface area contributed by atoms with E-state index in [9.17, 15) is 4.79 Å². The molecule has 1 aliphatic rings. The van der Waals surface area contributed by atoms with Gasteiger partial charge in [0.25, 0.3) is 0 Å². The van der Waals surface area contributed by atoms with Crippen LogP contribution in [0.15, 0.2) is 28.7 Å². The van der Waals surface area contributed by atoms with Crippen LogP contribution in [0, 0.1) is 5.92 Å². The molecular formula is C15H21BrN2O. The van der Waals surface area contributed by atoms with Crippen molar-refractivity contribution in [3.05, 3.63) is 34.3 Å². The third-order valence-corrected chi connectivity index (χ3v) is 4.53. The summed E-state index contributed by atoms with van der Waals surface area (Å²) >= 11 is 3.51. The lowest BCUT2D eigenvalue weighted by Gasteiger charge is -2.30. The van der Waals surface area contributed by atoms with E-state index in [2.05, 4.69) is 39.6 Å². The van der Waals surface area contributed by atoms with Gasteiger partial charge in [-0.15, -0.1) is 0 Å². The number of carbonyl (C=O) groups is 1. The van der Waals surface area contributed by atoms with Gasteiger partial charge in [-0.25, -0.2) is 0 Å². The molecule has 1 amide bonds. The molecule has 2 N–H and O–H groups in total. The second kappa shape index (κ2) is 7.06. The predicted octanol–water partition coefficient (Wildman–Crippen LogP) is 2.50. The smallest absolute Gasteiger partial charge is 0.220 e. The second-order valence-electron chi connectivity index (χ2n) is 5.24. The van der Waals surface area contributed by atoms with Crippen LogP contribution < -0.4 is 10.6 Å². The minimum Gasteiger partial charge on any atom is -0.352 e. The van der Waals surface area contributed by atoms with Gasteiger partial charge in [0.1, 0.15) is 0 Å². The Balaban J connectivity index is 1.80. The van der Waals surface area contributed by atoms with E-state index in [0.717, 1.165) is 30.4 Å². The fraction of sp³-hybridized carbons (Fsp3) is 0.533. The monoisotopic (exact) mass is 324 g/mol. The Morgan fingerprint density at radius 3 is 3.00 bits per heavy atom. The summed E-state index contributed by atoms with van der Waals surface area (Å²) in [5.41, 5.74) is 1.19. The van der Waals surface area contributed by atoms with Crippen molar-refractivity contribution in [2.45, 2.75) is 32.2 Å². The number of amides is 1. The Kier molecular flexibility index (Phi) is 5.40. The fourth-order valence-corrected chi connectivity index (χ4v) is 2.89. The number of hydrogen-bond donors (Lipinski definition) is 2. The third kappa shape index (κ3) is 4.32. The van der Waals surface area contributed by atoms with E-state index in [0.29, 0.717) is 12.3 Å². The molecule has 2 atom stereocenters. The molecule has 19 heavy (non-hydrogen) atoms.